The van der Waals surface area contributed by atoms with Crippen molar-refractivity contribution in [2.24, 2.45) is 0 Å². The molecule has 164 valence electrons. The number of hydrogen-bond donors (Lipinski definition) is 1. The normalized spacial score (nSPS) is 13.8. The van der Waals surface area contributed by atoms with Gasteiger partial charge in [0.1, 0.15) is 0 Å². The SMILES string of the molecule is CCCCCCCCCCCC(C)[NH2+]C(C)CCCCCCCCCCC. The molecule has 1 heteroatoms. The van der Waals surface area contributed by atoms with Crippen LogP contribution in [-0.2, 0) is 0 Å². The largest absolute Gasteiger partial charge is 0.342 e. The van der Waals surface area contributed by atoms with Crippen LogP contribution in [-0.4, -0.2) is 12.1 Å². The molecule has 0 bridgehead atoms. The van der Waals surface area contributed by atoms with E-state index in [1.807, 2.05) is 0 Å². The van der Waals surface area contributed by atoms with E-state index >= 15 is 0 Å². The summed E-state index contributed by atoms with van der Waals surface area (Å²) in [5.41, 5.74) is 0. The van der Waals surface area contributed by atoms with E-state index in [4.69, 9.17) is 0 Å². The van der Waals surface area contributed by atoms with E-state index in [1.165, 1.54) is 128 Å². The van der Waals surface area contributed by atoms with Crippen LogP contribution in [0.25, 0.3) is 0 Å². The first-order valence-electron chi connectivity index (χ1n) is 13.1. The summed E-state index contributed by atoms with van der Waals surface area (Å²) in [4.78, 5) is 0. The lowest BCUT2D eigenvalue weighted by Gasteiger charge is -2.16. The van der Waals surface area contributed by atoms with Crippen LogP contribution in [0.3, 0.4) is 0 Å². The summed E-state index contributed by atoms with van der Waals surface area (Å²) in [5, 5.41) is 2.65. The molecule has 0 aromatic rings. The summed E-state index contributed by atoms with van der Waals surface area (Å²) >= 11 is 0. The predicted molar refractivity (Wildman–Crippen MR) is 125 cm³/mol. The molecular formula is C26H56N+. The second-order valence-corrected chi connectivity index (χ2v) is 9.38. The van der Waals surface area contributed by atoms with Crippen molar-refractivity contribution in [2.75, 3.05) is 0 Å². The van der Waals surface area contributed by atoms with Gasteiger partial charge in [0.2, 0.25) is 0 Å². The van der Waals surface area contributed by atoms with Gasteiger partial charge in [0.15, 0.2) is 0 Å². The molecule has 1 nitrogen and oxygen atoms in total. The average molecular weight is 383 g/mol. The van der Waals surface area contributed by atoms with E-state index in [0.29, 0.717) is 0 Å². The number of hydrogen-bond acceptors (Lipinski definition) is 0. The minimum atomic E-state index is 0.822. The van der Waals surface area contributed by atoms with Crippen LogP contribution >= 0.6 is 0 Å². The highest BCUT2D eigenvalue weighted by atomic mass is 14.9. The van der Waals surface area contributed by atoms with Gasteiger partial charge in [-0.3, -0.25) is 0 Å². The van der Waals surface area contributed by atoms with Crippen LogP contribution in [0.15, 0.2) is 0 Å². The lowest BCUT2D eigenvalue weighted by molar-refractivity contribution is -0.716. The van der Waals surface area contributed by atoms with E-state index in [9.17, 15) is 0 Å². The number of unbranched alkanes of at least 4 members (excludes halogenated alkanes) is 16. The van der Waals surface area contributed by atoms with Crippen molar-refractivity contribution in [3.05, 3.63) is 0 Å². The predicted octanol–water partition coefficient (Wildman–Crippen LogP) is 8.17. The van der Waals surface area contributed by atoms with E-state index in [-0.39, 0.29) is 0 Å². The van der Waals surface area contributed by atoms with Crippen LogP contribution in [0, 0.1) is 0 Å². The molecule has 0 heterocycles. The summed E-state index contributed by atoms with van der Waals surface area (Å²) < 4.78 is 0. The summed E-state index contributed by atoms with van der Waals surface area (Å²) in [5.74, 6) is 0. The van der Waals surface area contributed by atoms with Crippen molar-refractivity contribution >= 4 is 0 Å². The lowest BCUT2D eigenvalue weighted by atomic mass is 10.0. The van der Waals surface area contributed by atoms with E-state index < -0.39 is 0 Å². The molecule has 0 aromatic carbocycles. The maximum atomic E-state index is 2.65. The minimum absolute atomic E-state index is 0.822. The van der Waals surface area contributed by atoms with Gasteiger partial charge < -0.3 is 5.32 Å². The van der Waals surface area contributed by atoms with Crippen molar-refractivity contribution < 1.29 is 5.32 Å². The molecule has 0 rings (SSSR count). The van der Waals surface area contributed by atoms with Gasteiger partial charge in [-0.2, -0.15) is 0 Å². The quantitative estimate of drug-likeness (QED) is 0.182. The Morgan fingerprint density at radius 2 is 0.667 bits per heavy atom. The molecule has 0 aromatic heterocycles. The maximum Gasteiger partial charge on any atom is 0.0832 e. The summed E-state index contributed by atoms with van der Waals surface area (Å²) in [6.45, 7) is 9.49. The molecule has 2 atom stereocenters. The lowest BCUT2D eigenvalue weighted by Crippen LogP contribution is -2.93. The highest BCUT2D eigenvalue weighted by Crippen LogP contribution is 2.12. The van der Waals surface area contributed by atoms with Gasteiger partial charge in [0.05, 0.1) is 12.1 Å². The molecule has 0 radical (unpaired) electrons. The van der Waals surface area contributed by atoms with Gasteiger partial charge in [-0.25, -0.2) is 0 Å². The van der Waals surface area contributed by atoms with Crippen LogP contribution in [0.2, 0.25) is 0 Å². The van der Waals surface area contributed by atoms with Crippen molar-refractivity contribution in [3.8, 4) is 0 Å². The maximum absolute atomic E-state index is 2.65. The number of quaternary nitrogens is 1. The van der Waals surface area contributed by atoms with Crippen LogP contribution < -0.4 is 5.32 Å². The molecule has 0 fully saturated rings. The second kappa shape index (κ2) is 22.3. The highest BCUT2D eigenvalue weighted by Gasteiger charge is 2.10. The Morgan fingerprint density at radius 1 is 0.407 bits per heavy atom. The minimum Gasteiger partial charge on any atom is -0.342 e. The Hall–Kier alpha value is -0.0400. The van der Waals surface area contributed by atoms with E-state index in [1.54, 1.807) is 0 Å². The summed E-state index contributed by atoms with van der Waals surface area (Å²) in [6.07, 6.45) is 28.9. The second-order valence-electron chi connectivity index (χ2n) is 9.38. The fraction of sp³-hybridized carbons (Fsp3) is 1.00. The monoisotopic (exact) mass is 382 g/mol. The molecule has 0 amide bonds. The standard InChI is InChI=1S/C26H55N/c1-5-7-9-11-13-15-17-19-21-23-25(3)27-26(4)24-22-20-18-16-14-12-10-8-6-2/h25-27H,5-24H2,1-4H3/p+1. The smallest absolute Gasteiger partial charge is 0.0832 e. The number of nitrogens with two attached hydrogens (primary N) is 1. The first-order valence-corrected chi connectivity index (χ1v) is 13.1. The van der Waals surface area contributed by atoms with Crippen molar-refractivity contribution in [2.45, 2.75) is 168 Å². The molecule has 2 N–H and O–H groups in total. The first-order chi connectivity index (χ1) is 13.2. The molecule has 27 heavy (non-hydrogen) atoms. The third kappa shape index (κ3) is 22.1. The third-order valence-electron chi connectivity index (χ3n) is 6.18. The molecule has 0 saturated heterocycles. The van der Waals surface area contributed by atoms with Gasteiger partial charge in [-0.05, 0) is 39.5 Å². The van der Waals surface area contributed by atoms with Crippen molar-refractivity contribution in [3.63, 3.8) is 0 Å². The Balaban J connectivity index is 3.30. The van der Waals surface area contributed by atoms with Gasteiger partial charge in [0.25, 0.3) is 0 Å². The Labute approximate surface area is 173 Å². The van der Waals surface area contributed by atoms with Gasteiger partial charge in [0, 0.05) is 0 Å². The molecule has 0 spiro atoms. The molecular weight excluding hydrogens is 326 g/mol. The zero-order valence-electron chi connectivity index (χ0n) is 19.9. The van der Waals surface area contributed by atoms with E-state index in [2.05, 4.69) is 33.0 Å². The van der Waals surface area contributed by atoms with Crippen molar-refractivity contribution in [1.82, 2.24) is 0 Å². The topological polar surface area (TPSA) is 16.6 Å². The Kier molecular flexibility index (Phi) is 22.2. The average Bonchev–Trinajstić information content (AvgIpc) is 2.65. The zero-order chi connectivity index (χ0) is 20.0. The Bertz CT molecular complexity index is 237. The van der Waals surface area contributed by atoms with Gasteiger partial charge in [-0.1, -0.05) is 117 Å². The summed E-state index contributed by atoms with van der Waals surface area (Å²) in [7, 11) is 0. The molecule has 0 saturated carbocycles. The fourth-order valence-electron chi connectivity index (χ4n) is 4.31. The molecule has 0 aliphatic carbocycles. The van der Waals surface area contributed by atoms with Crippen LogP contribution in [0.5, 0.6) is 0 Å². The summed E-state index contributed by atoms with van der Waals surface area (Å²) in [6, 6.07) is 1.64. The molecule has 0 aliphatic heterocycles. The first kappa shape index (κ1) is 27.0. The zero-order valence-corrected chi connectivity index (χ0v) is 19.9. The van der Waals surface area contributed by atoms with Crippen molar-refractivity contribution in [1.29, 1.82) is 0 Å². The van der Waals surface area contributed by atoms with Gasteiger partial charge >= 0.3 is 0 Å². The van der Waals surface area contributed by atoms with E-state index in [0.717, 1.165) is 12.1 Å². The van der Waals surface area contributed by atoms with Crippen LogP contribution in [0.4, 0.5) is 0 Å². The molecule has 2 unspecified atom stereocenters. The highest BCUT2D eigenvalue weighted by molar-refractivity contribution is 4.54. The van der Waals surface area contributed by atoms with Crippen LogP contribution in [0.1, 0.15) is 156 Å². The molecule has 0 aliphatic rings. The fourth-order valence-corrected chi connectivity index (χ4v) is 4.31. The Morgan fingerprint density at radius 3 is 0.963 bits per heavy atom. The third-order valence-corrected chi connectivity index (χ3v) is 6.18. The van der Waals surface area contributed by atoms with Gasteiger partial charge in [-0.15, -0.1) is 0 Å². The number of rotatable bonds is 22.